The van der Waals surface area contributed by atoms with Gasteiger partial charge < -0.3 is 5.73 Å². The second-order valence-corrected chi connectivity index (χ2v) is 7.74. The Morgan fingerprint density at radius 3 is 2.25 bits per heavy atom. The van der Waals surface area contributed by atoms with E-state index in [0.717, 1.165) is 5.56 Å². The van der Waals surface area contributed by atoms with E-state index >= 15 is 0 Å². The molecule has 3 nitrogen and oxygen atoms in total. The molecule has 0 saturated carbocycles. The van der Waals surface area contributed by atoms with Crippen molar-refractivity contribution in [2.75, 3.05) is 11.5 Å². The van der Waals surface area contributed by atoms with Gasteiger partial charge in [0.25, 0.3) is 0 Å². The second kappa shape index (κ2) is 4.45. The van der Waals surface area contributed by atoms with Gasteiger partial charge in [0.15, 0.2) is 9.84 Å². The summed E-state index contributed by atoms with van der Waals surface area (Å²) < 4.78 is 23.1. The number of nitrogens with two attached hydrogens (primary N) is 1. The van der Waals surface area contributed by atoms with Crippen LogP contribution in [0.2, 0.25) is 0 Å². The van der Waals surface area contributed by atoms with Crippen molar-refractivity contribution in [1.29, 1.82) is 0 Å². The van der Waals surface area contributed by atoms with Gasteiger partial charge in [-0.2, -0.15) is 0 Å². The Labute approximate surface area is 97.6 Å². The molecule has 0 fully saturated rings. The molecule has 0 atom stereocenters. The fraction of sp³-hybridized carbons (Fsp3) is 0.500. The molecule has 0 aliphatic rings. The van der Waals surface area contributed by atoms with E-state index < -0.39 is 14.6 Å². The van der Waals surface area contributed by atoms with Gasteiger partial charge in [-0.25, -0.2) is 8.42 Å². The Morgan fingerprint density at radius 2 is 1.75 bits per heavy atom. The lowest BCUT2D eigenvalue weighted by molar-refractivity contribution is 0.559. The van der Waals surface area contributed by atoms with Crippen LogP contribution >= 0.6 is 0 Å². The summed E-state index contributed by atoms with van der Waals surface area (Å²) >= 11 is 0. The number of rotatable bonds is 3. The molecule has 0 aromatic heterocycles. The van der Waals surface area contributed by atoms with Crippen LogP contribution in [0.25, 0.3) is 0 Å². The van der Waals surface area contributed by atoms with E-state index in [1.54, 1.807) is 26.8 Å². The summed E-state index contributed by atoms with van der Waals surface area (Å²) in [4.78, 5) is 0. The van der Waals surface area contributed by atoms with Gasteiger partial charge in [0.2, 0.25) is 0 Å². The molecule has 0 unspecified atom stereocenters. The van der Waals surface area contributed by atoms with Gasteiger partial charge >= 0.3 is 0 Å². The highest BCUT2D eigenvalue weighted by Crippen LogP contribution is 2.19. The predicted molar refractivity (Wildman–Crippen MR) is 68.1 cm³/mol. The zero-order valence-electron chi connectivity index (χ0n) is 10.0. The van der Waals surface area contributed by atoms with E-state index in [2.05, 4.69) is 0 Å². The molecule has 0 spiro atoms. The SMILES string of the molecule is CC(C)(C)S(=O)(=O)CCc1ccccc1N. The predicted octanol–water partition coefficient (Wildman–Crippen LogP) is 2.02. The molecule has 16 heavy (non-hydrogen) atoms. The monoisotopic (exact) mass is 241 g/mol. The van der Waals surface area contributed by atoms with E-state index in [0.29, 0.717) is 12.1 Å². The van der Waals surface area contributed by atoms with Gasteiger partial charge in [-0.1, -0.05) is 18.2 Å². The highest BCUT2D eigenvalue weighted by Gasteiger charge is 2.28. The zero-order valence-corrected chi connectivity index (χ0v) is 10.8. The summed E-state index contributed by atoms with van der Waals surface area (Å²) in [6.45, 7) is 5.16. The molecule has 1 aromatic carbocycles. The Morgan fingerprint density at radius 1 is 1.19 bits per heavy atom. The third-order valence-electron chi connectivity index (χ3n) is 2.63. The van der Waals surface area contributed by atoms with E-state index in [-0.39, 0.29) is 5.75 Å². The molecule has 0 aliphatic carbocycles. The summed E-state index contributed by atoms with van der Waals surface area (Å²) in [5.41, 5.74) is 7.32. The number of aryl methyl sites for hydroxylation is 1. The van der Waals surface area contributed by atoms with Gasteiger partial charge in [-0.3, -0.25) is 0 Å². The summed E-state index contributed by atoms with van der Waals surface area (Å²) in [5.74, 6) is 0.144. The zero-order chi connectivity index (χ0) is 12.4. The molecule has 90 valence electrons. The first-order valence-electron chi connectivity index (χ1n) is 5.30. The Bertz CT molecular complexity index is 458. The van der Waals surface area contributed by atoms with E-state index in [4.69, 9.17) is 5.73 Å². The van der Waals surface area contributed by atoms with Crippen molar-refractivity contribution in [2.45, 2.75) is 31.9 Å². The summed E-state index contributed by atoms with van der Waals surface area (Å²) in [5, 5.41) is 0. The third-order valence-corrected chi connectivity index (χ3v) is 5.24. The third kappa shape index (κ3) is 2.98. The molecule has 0 heterocycles. The number of nitrogen functional groups attached to an aromatic ring is 1. The molecule has 0 radical (unpaired) electrons. The molecule has 1 aromatic rings. The number of hydrogen-bond acceptors (Lipinski definition) is 3. The Hall–Kier alpha value is -1.03. The van der Waals surface area contributed by atoms with Gasteiger partial charge in [0.05, 0.1) is 10.5 Å². The van der Waals surface area contributed by atoms with Crippen molar-refractivity contribution < 1.29 is 8.42 Å². The van der Waals surface area contributed by atoms with Crippen LogP contribution < -0.4 is 5.73 Å². The lowest BCUT2D eigenvalue weighted by atomic mass is 10.1. The number of benzene rings is 1. The lowest BCUT2D eigenvalue weighted by Gasteiger charge is -2.19. The molecule has 2 N–H and O–H groups in total. The van der Waals surface area contributed by atoms with Crippen LogP contribution in [-0.4, -0.2) is 18.9 Å². The summed E-state index contributed by atoms with van der Waals surface area (Å²) in [6.07, 6.45) is 0.478. The van der Waals surface area contributed by atoms with Gasteiger partial charge in [0.1, 0.15) is 0 Å². The van der Waals surface area contributed by atoms with Crippen molar-refractivity contribution in [3.05, 3.63) is 29.8 Å². The van der Waals surface area contributed by atoms with Crippen molar-refractivity contribution in [3.63, 3.8) is 0 Å². The summed E-state index contributed by atoms with van der Waals surface area (Å²) in [7, 11) is -3.07. The van der Waals surface area contributed by atoms with Crippen LogP contribution in [0, 0.1) is 0 Å². The van der Waals surface area contributed by atoms with Crippen molar-refractivity contribution in [2.24, 2.45) is 0 Å². The van der Waals surface area contributed by atoms with Crippen molar-refractivity contribution in [1.82, 2.24) is 0 Å². The van der Waals surface area contributed by atoms with Crippen LogP contribution in [-0.2, 0) is 16.3 Å². The van der Waals surface area contributed by atoms with Crippen LogP contribution in [0.4, 0.5) is 5.69 Å². The highest BCUT2D eigenvalue weighted by molar-refractivity contribution is 7.92. The highest BCUT2D eigenvalue weighted by atomic mass is 32.2. The maximum Gasteiger partial charge on any atom is 0.155 e. The average Bonchev–Trinajstić information content (AvgIpc) is 2.15. The standard InChI is InChI=1S/C12H19NO2S/c1-12(2,3)16(14,15)9-8-10-6-4-5-7-11(10)13/h4-7H,8-9,13H2,1-3H3. The van der Waals surface area contributed by atoms with Gasteiger partial charge in [-0.15, -0.1) is 0 Å². The maximum atomic E-state index is 11.9. The minimum absolute atomic E-state index is 0.144. The maximum absolute atomic E-state index is 11.9. The molecule has 4 heteroatoms. The molecular weight excluding hydrogens is 222 g/mol. The molecular formula is C12H19NO2S. The first kappa shape index (κ1) is 13.0. The molecule has 0 saturated heterocycles. The van der Waals surface area contributed by atoms with E-state index in [1.807, 2.05) is 18.2 Å². The average molecular weight is 241 g/mol. The van der Waals surface area contributed by atoms with Crippen molar-refractivity contribution in [3.8, 4) is 0 Å². The van der Waals surface area contributed by atoms with E-state index in [9.17, 15) is 8.42 Å². The smallest absolute Gasteiger partial charge is 0.155 e. The largest absolute Gasteiger partial charge is 0.399 e. The minimum Gasteiger partial charge on any atom is -0.399 e. The molecule has 1 rings (SSSR count). The van der Waals surface area contributed by atoms with Crippen LogP contribution in [0.1, 0.15) is 26.3 Å². The van der Waals surface area contributed by atoms with Crippen LogP contribution in [0.3, 0.4) is 0 Å². The second-order valence-electron chi connectivity index (χ2n) is 4.88. The summed E-state index contributed by atoms with van der Waals surface area (Å²) in [6, 6.07) is 7.37. The Kier molecular flexibility index (Phi) is 3.63. The number of para-hydroxylation sites is 1. The van der Waals surface area contributed by atoms with Gasteiger partial charge in [-0.05, 0) is 38.8 Å². The molecule has 0 aliphatic heterocycles. The van der Waals surface area contributed by atoms with E-state index in [1.165, 1.54) is 0 Å². The topological polar surface area (TPSA) is 60.2 Å². The molecule has 0 amide bonds. The fourth-order valence-electron chi connectivity index (χ4n) is 1.31. The van der Waals surface area contributed by atoms with Gasteiger partial charge in [0, 0.05) is 5.69 Å². The lowest BCUT2D eigenvalue weighted by Crippen LogP contribution is -2.31. The number of sulfone groups is 1. The molecule has 0 bridgehead atoms. The fourth-order valence-corrected chi connectivity index (χ4v) is 2.41. The van der Waals surface area contributed by atoms with Crippen LogP contribution in [0.5, 0.6) is 0 Å². The normalized spacial score (nSPS) is 12.7. The van der Waals surface area contributed by atoms with Crippen LogP contribution in [0.15, 0.2) is 24.3 Å². The first-order valence-corrected chi connectivity index (χ1v) is 6.95. The first-order chi connectivity index (χ1) is 7.24. The number of hydrogen-bond donors (Lipinski definition) is 1. The van der Waals surface area contributed by atoms with Crippen molar-refractivity contribution >= 4 is 15.5 Å². The number of anilines is 1. The quantitative estimate of drug-likeness (QED) is 0.824. The Balaban J connectivity index is 2.77. The minimum atomic E-state index is -3.07.